The highest BCUT2D eigenvalue weighted by molar-refractivity contribution is 5.93. The molecule has 1 aliphatic heterocycles. The molecule has 0 atom stereocenters. The number of likely N-dealkylation sites (tertiary alicyclic amines) is 1. The highest BCUT2D eigenvalue weighted by Crippen LogP contribution is 2.27. The second-order valence-electron chi connectivity index (χ2n) is 8.76. The largest absolute Gasteiger partial charge is 0.350 e. The molecule has 1 aliphatic rings. The Labute approximate surface area is 209 Å². The van der Waals surface area contributed by atoms with E-state index in [-0.39, 0.29) is 0 Å². The summed E-state index contributed by atoms with van der Waals surface area (Å²) in [5.41, 5.74) is 6.20. The van der Waals surface area contributed by atoms with Gasteiger partial charge in [0.25, 0.3) is 0 Å². The lowest BCUT2D eigenvalue weighted by molar-refractivity contribution is 0.219. The Morgan fingerprint density at radius 1 is 1.00 bits per heavy atom. The van der Waals surface area contributed by atoms with Crippen LogP contribution in [0.1, 0.15) is 57.2 Å². The average Bonchev–Trinajstić information content (AvgIpc) is 3.19. The maximum atomic E-state index is 4.01. The average molecular weight is 459 g/mol. The van der Waals surface area contributed by atoms with Gasteiger partial charge in [0.05, 0.1) is 0 Å². The van der Waals surface area contributed by atoms with Gasteiger partial charge in [-0.05, 0) is 88.0 Å². The summed E-state index contributed by atoms with van der Waals surface area (Å²) < 4.78 is 2.13. The molecule has 4 rings (SSSR count). The smallest absolute Gasteiger partial charge is 0.0484 e. The van der Waals surface area contributed by atoms with Crippen LogP contribution >= 0.6 is 0 Å². The van der Waals surface area contributed by atoms with Gasteiger partial charge in [0.15, 0.2) is 0 Å². The standard InChI is InChI=1S/C14H15N.C13H19N.C3H6.C2H6/c1-5-11-6-7-14-12(8-11)13(10(2)3)9-15(14)4;1-14-9-7-13(8-10-14)11-12-5-3-2-4-6-12;1-3-2;1-2/h5-9H,1-2H2,3-4H3;2-6,13H,7-11H2,1H3;3H,1H2,2H3;1-2H3. The molecule has 34 heavy (non-hydrogen) atoms. The Kier molecular flexibility index (Phi) is 13.7. The van der Waals surface area contributed by atoms with Crippen LogP contribution in [-0.4, -0.2) is 29.6 Å². The second-order valence-corrected chi connectivity index (χ2v) is 8.76. The van der Waals surface area contributed by atoms with Crippen molar-refractivity contribution < 1.29 is 0 Å². The SMILES string of the molecule is C=CC.C=Cc1ccc2c(c1)c(C(=C)C)cn2C.CC.CN1CCC(Cc2ccccc2)CC1. The summed E-state index contributed by atoms with van der Waals surface area (Å²) in [4.78, 5) is 2.43. The Morgan fingerprint density at radius 3 is 2.12 bits per heavy atom. The topological polar surface area (TPSA) is 8.17 Å². The van der Waals surface area contributed by atoms with E-state index in [0.717, 1.165) is 17.1 Å². The fourth-order valence-electron chi connectivity index (χ4n) is 4.09. The minimum absolute atomic E-state index is 0.911. The quantitative estimate of drug-likeness (QED) is 0.355. The monoisotopic (exact) mass is 458 g/mol. The lowest BCUT2D eigenvalue weighted by atomic mass is 9.90. The van der Waals surface area contributed by atoms with Gasteiger partial charge in [-0.3, -0.25) is 0 Å². The van der Waals surface area contributed by atoms with E-state index in [4.69, 9.17) is 0 Å². The molecule has 0 N–H and O–H groups in total. The van der Waals surface area contributed by atoms with E-state index < -0.39 is 0 Å². The highest BCUT2D eigenvalue weighted by atomic mass is 15.1. The number of allylic oxidation sites excluding steroid dienone is 2. The van der Waals surface area contributed by atoms with Gasteiger partial charge in [0.1, 0.15) is 0 Å². The molecule has 184 valence electrons. The molecule has 1 fully saturated rings. The fourth-order valence-corrected chi connectivity index (χ4v) is 4.09. The Hall–Kier alpha value is -2.84. The molecule has 0 aliphatic carbocycles. The van der Waals surface area contributed by atoms with Crippen LogP contribution < -0.4 is 0 Å². The van der Waals surface area contributed by atoms with Crippen LogP contribution in [0, 0.1) is 5.92 Å². The maximum Gasteiger partial charge on any atom is 0.0484 e. The van der Waals surface area contributed by atoms with Crippen molar-refractivity contribution in [3.05, 3.63) is 97.2 Å². The van der Waals surface area contributed by atoms with Crippen LogP contribution in [0.2, 0.25) is 0 Å². The van der Waals surface area contributed by atoms with Crippen molar-refractivity contribution >= 4 is 22.6 Å². The lowest BCUT2D eigenvalue weighted by Crippen LogP contribution is -2.30. The molecule has 0 bridgehead atoms. The molecule has 0 amide bonds. The maximum absolute atomic E-state index is 4.01. The highest BCUT2D eigenvalue weighted by Gasteiger charge is 2.16. The van der Waals surface area contributed by atoms with Crippen LogP contribution in [0.4, 0.5) is 0 Å². The molecule has 0 radical (unpaired) electrons. The molecule has 2 heteroatoms. The summed E-state index contributed by atoms with van der Waals surface area (Å²) in [7, 11) is 4.28. The van der Waals surface area contributed by atoms with E-state index in [1.807, 2.05) is 33.8 Å². The molecule has 1 aromatic heterocycles. The zero-order chi connectivity index (χ0) is 25.5. The first-order chi connectivity index (χ1) is 16.4. The number of aryl methyl sites for hydroxylation is 1. The number of fused-ring (bicyclic) bond motifs is 1. The van der Waals surface area contributed by atoms with Gasteiger partial charge >= 0.3 is 0 Å². The zero-order valence-corrected chi connectivity index (χ0v) is 22.5. The van der Waals surface area contributed by atoms with Crippen molar-refractivity contribution in [2.45, 2.75) is 47.0 Å². The normalized spacial score (nSPS) is 13.4. The molecule has 2 heterocycles. The third-order valence-electron chi connectivity index (χ3n) is 5.91. The number of nitrogens with zero attached hydrogens (tertiary/aromatic N) is 2. The number of aromatic nitrogens is 1. The van der Waals surface area contributed by atoms with Crippen molar-refractivity contribution in [3.63, 3.8) is 0 Å². The van der Waals surface area contributed by atoms with E-state index in [1.54, 1.807) is 6.08 Å². The molecule has 0 spiro atoms. The van der Waals surface area contributed by atoms with Gasteiger partial charge in [0, 0.05) is 29.7 Å². The predicted molar refractivity (Wildman–Crippen MR) is 155 cm³/mol. The summed E-state index contributed by atoms with van der Waals surface area (Å²) in [6.07, 6.45) is 9.75. The molecule has 2 nitrogen and oxygen atoms in total. The second kappa shape index (κ2) is 15.9. The van der Waals surface area contributed by atoms with Crippen LogP contribution in [0.15, 0.2) is 80.5 Å². The van der Waals surface area contributed by atoms with Gasteiger partial charge in [-0.15, -0.1) is 6.58 Å². The van der Waals surface area contributed by atoms with Gasteiger partial charge in [0.2, 0.25) is 0 Å². The fraction of sp³-hybridized carbons (Fsp3) is 0.375. The number of hydrogen-bond donors (Lipinski definition) is 0. The minimum Gasteiger partial charge on any atom is -0.350 e. The molecular weight excluding hydrogens is 412 g/mol. The number of rotatable bonds is 4. The Balaban J connectivity index is 0.000000287. The molecule has 0 saturated carbocycles. The van der Waals surface area contributed by atoms with Crippen molar-refractivity contribution in [1.29, 1.82) is 0 Å². The van der Waals surface area contributed by atoms with Crippen molar-refractivity contribution in [2.24, 2.45) is 13.0 Å². The predicted octanol–water partition coefficient (Wildman–Crippen LogP) is 8.64. The van der Waals surface area contributed by atoms with Gasteiger partial charge < -0.3 is 9.47 Å². The summed E-state index contributed by atoms with van der Waals surface area (Å²) in [6, 6.07) is 17.2. The van der Waals surface area contributed by atoms with Crippen LogP contribution in [0.5, 0.6) is 0 Å². The van der Waals surface area contributed by atoms with E-state index in [2.05, 4.69) is 98.0 Å². The van der Waals surface area contributed by atoms with Crippen molar-refractivity contribution in [2.75, 3.05) is 20.1 Å². The number of hydrogen-bond acceptors (Lipinski definition) is 1. The molecule has 3 aromatic rings. The van der Waals surface area contributed by atoms with Crippen LogP contribution in [-0.2, 0) is 13.5 Å². The third kappa shape index (κ3) is 9.19. The summed E-state index contributed by atoms with van der Waals surface area (Å²) in [6.45, 7) is 21.6. The molecule has 2 aromatic carbocycles. The first-order valence-electron chi connectivity index (χ1n) is 12.6. The van der Waals surface area contributed by atoms with E-state index >= 15 is 0 Å². The zero-order valence-electron chi connectivity index (χ0n) is 22.5. The van der Waals surface area contributed by atoms with Gasteiger partial charge in [-0.25, -0.2) is 0 Å². The molecule has 1 saturated heterocycles. The van der Waals surface area contributed by atoms with E-state index in [1.165, 1.54) is 54.4 Å². The van der Waals surface area contributed by atoms with Crippen molar-refractivity contribution in [3.8, 4) is 0 Å². The van der Waals surface area contributed by atoms with Crippen LogP contribution in [0.3, 0.4) is 0 Å². The Morgan fingerprint density at radius 2 is 1.59 bits per heavy atom. The van der Waals surface area contributed by atoms with Crippen molar-refractivity contribution in [1.82, 2.24) is 9.47 Å². The number of piperidine rings is 1. The van der Waals surface area contributed by atoms with E-state index in [9.17, 15) is 0 Å². The minimum atomic E-state index is 0.911. The number of benzene rings is 2. The third-order valence-corrected chi connectivity index (χ3v) is 5.91. The van der Waals surface area contributed by atoms with Gasteiger partial charge in [-0.1, -0.05) is 75.6 Å². The first kappa shape index (κ1) is 29.2. The lowest BCUT2D eigenvalue weighted by Gasteiger charge is -2.28. The molecule has 0 unspecified atom stereocenters. The summed E-state index contributed by atoms with van der Waals surface area (Å²) in [5, 5.41) is 1.25. The van der Waals surface area contributed by atoms with Gasteiger partial charge in [-0.2, -0.15) is 0 Å². The van der Waals surface area contributed by atoms with Crippen LogP contribution in [0.25, 0.3) is 22.6 Å². The van der Waals surface area contributed by atoms with E-state index in [0.29, 0.717) is 0 Å². The first-order valence-corrected chi connectivity index (χ1v) is 12.6. The summed E-state index contributed by atoms with van der Waals surface area (Å²) in [5.74, 6) is 0.911. The Bertz CT molecular complexity index is 1000. The summed E-state index contributed by atoms with van der Waals surface area (Å²) >= 11 is 0. The molecular formula is C32H46N2.